The Labute approximate surface area is 151 Å². The van der Waals surface area contributed by atoms with Crippen molar-refractivity contribution >= 4 is 29.2 Å². The molecule has 3 N–H and O–H groups in total. The largest absolute Gasteiger partial charge is 0.504 e. The maximum atomic E-state index is 9.72. The lowest BCUT2D eigenvalue weighted by molar-refractivity contribution is 0.355. The van der Waals surface area contributed by atoms with Crippen LogP contribution >= 0.6 is 12.2 Å². The highest BCUT2D eigenvalue weighted by atomic mass is 32.1. The maximum Gasteiger partial charge on any atom is 0.191 e. The molecular formula is C17H19N3O4S. The van der Waals surface area contributed by atoms with Crippen LogP contribution < -0.4 is 25.0 Å². The van der Waals surface area contributed by atoms with Crippen LogP contribution in [0.1, 0.15) is 5.56 Å². The Morgan fingerprint density at radius 1 is 1.00 bits per heavy atom. The minimum Gasteiger partial charge on any atom is -0.504 e. The number of phenolic OH excluding ortho intramolecular Hbond substituents is 1. The van der Waals surface area contributed by atoms with E-state index in [9.17, 15) is 5.11 Å². The zero-order valence-electron chi connectivity index (χ0n) is 14.1. The molecule has 0 unspecified atom stereocenters. The average Bonchev–Trinajstić information content (AvgIpc) is 2.61. The van der Waals surface area contributed by atoms with Gasteiger partial charge in [0, 0.05) is 11.8 Å². The van der Waals surface area contributed by atoms with Gasteiger partial charge in [-0.15, -0.1) is 0 Å². The number of aromatic hydroxyl groups is 1. The predicted molar refractivity (Wildman–Crippen MR) is 101 cm³/mol. The van der Waals surface area contributed by atoms with Crippen molar-refractivity contribution in [3.8, 4) is 23.0 Å². The van der Waals surface area contributed by atoms with Crippen LogP contribution in [0.25, 0.3) is 0 Å². The molecule has 0 aromatic heterocycles. The standard InChI is InChI=1S/C17H19N3O4S/c1-22-14-6-4-11(8-13(14)21)10-18-20-17(25)19-12-5-7-15(23-2)16(9-12)24-3/h4-10,21H,1-3H3,(H2,19,20,25). The van der Waals surface area contributed by atoms with Crippen LogP contribution in [-0.2, 0) is 0 Å². The molecule has 0 atom stereocenters. The SMILES string of the molecule is COc1ccc(C=NNC(=S)Nc2ccc(OC)c(OC)c2)cc1O. The number of nitrogens with zero attached hydrogens (tertiary/aromatic N) is 1. The molecule has 0 spiro atoms. The average molecular weight is 361 g/mol. The third kappa shape index (κ3) is 4.98. The van der Waals surface area contributed by atoms with E-state index in [1.807, 2.05) is 0 Å². The number of hydrogen-bond donors (Lipinski definition) is 3. The van der Waals surface area contributed by atoms with E-state index < -0.39 is 0 Å². The molecule has 8 heteroatoms. The van der Waals surface area contributed by atoms with Gasteiger partial charge in [-0.1, -0.05) is 0 Å². The summed E-state index contributed by atoms with van der Waals surface area (Å²) in [6.07, 6.45) is 1.53. The lowest BCUT2D eigenvalue weighted by Crippen LogP contribution is -2.23. The van der Waals surface area contributed by atoms with Crippen LogP contribution in [0.15, 0.2) is 41.5 Å². The van der Waals surface area contributed by atoms with E-state index in [1.54, 1.807) is 44.6 Å². The van der Waals surface area contributed by atoms with Gasteiger partial charge in [0.05, 0.1) is 27.5 Å². The van der Waals surface area contributed by atoms with Crippen molar-refractivity contribution in [1.82, 2.24) is 5.43 Å². The van der Waals surface area contributed by atoms with Crippen LogP contribution in [-0.4, -0.2) is 37.8 Å². The van der Waals surface area contributed by atoms with E-state index in [0.29, 0.717) is 27.9 Å². The first kappa shape index (κ1) is 18.3. The molecule has 0 saturated carbocycles. The Hall–Kier alpha value is -3.00. The second kappa shape index (κ2) is 8.74. The number of phenols is 1. The second-order valence-electron chi connectivity index (χ2n) is 4.83. The predicted octanol–water partition coefficient (Wildman–Crippen LogP) is 2.74. The van der Waals surface area contributed by atoms with Gasteiger partial charge < -0.3 is 24.6 Å². The first-order valence-corrected chi connectivity index (χ1v) is 7.67. The molecule has 0 aliphatic carbocycles. The fraction of sp³-hybridized carbons (Fsp3) is 0.176. The summed E-state index contributed by atoms with van der Waals surface area (Å²) < 4.78 is 15.4. The Morgan fingerprint density at radius 2 is 1.68 bits per heavy atom. The molecule has 0 saturated heterocycles. The monoisotopic (exact) mass is 361 g/mol. The van der Waals surface area contributed by atoms with Crippen molar-refractivity contribution in [2.24, 2.45) is 5.10 Å². The molecule has 7 nitrogen and oxygen atoms in total. The van der Waals surface area contributed by atoms with E-state index in [2.05, 4.69) is 15.8 Å². The van der Waals surface area contributed by atoms with Crippen molar-refractivity contribution in [1.29, 1.82) is 0 Å². The van der Waals surface area contributed by atoms with Gasteiger partial charge in [0.15, 0.2) is 28.1 Å². The minimum atomic E-state index is 0.0393. The first-order valence-electron chi connectivity index (χ1n) is 7.26. The molecule has 2 aromatic carbocycles. The summed E-state index contributed by atoms with van der Waals surface area (Å²) in [4.78, 5) is 0. The van der Waals surface area contributed by atoms with Gasteiger partial charge in [0.1, 0.15) is 0 Å². The van der Waals surface area contributed by atoms with Gasteiger partial charge in [0.25, 0.3) is 0 Å². The van der Waals surface area contributed by atoms with E-state index >= 15 is 0 Å². The number of methoxy groups -OCH3 is 3. The molecule has 0 aliphatic rings. The summed E-state index contributed by atoms with van der Waals surface area (Å²) >= 11 is 5.18. The van der Waals surface area contributed by atoms with Crippen molar-refractivity contribution in [2.45, 2.75) is 0 Å². The third-order valence-corrected chi connectivity index (χ3v) is 3.42. The van der Waals surface area contributed by atoms with Crippen LogP contribution in [0.5, 0.6) is 23.0 Å². The number of rotatable bonds is 6. The smallest absolute Gasteiger partial charge is 0.191 e. The van der Waals surface area contributed by atoms with Crippen LogP contribution in [0, 0.1) is 0 Å². The quantitative estimate of drug-likeness (QED) is 0.414. The summed E-state index contributed by atoms with van der Waals surface area (Å²) in [6.45, 7) is 0. The minimum absolute atomic E-state index is 0.0393. The summed E-state index contributed by atoms with van der Waals surface area (Å²) in [5.74, 6) is 1.66. The van der Waals surface area contributed by atoms with Crippen molar-refractivity contribution < 1.29 is 19.3 Å². The van der Waals surface area contributed by atoms with Crippen LogP contribution in [0.4, 0.5) is 5.69 Å². The normalized spacial score (nSPS) is 10.4. The lowest BCUT2D eigenvalue weighted by Gasteiger charge is -2.11. The van der Waals surface area contributed by atoms with E-state index in [1.165, 1.54) is 19.4 Å². The molecule has 0 aliphatic heterocycles. The molecule has 0 radical (unpaired) electrons. The number of benzene rings is 2. The molecule has 0 heterocycles. The molecule has 0 amide bonds. The molecule has 25 heavy (non-hydrogen) atoms. The van der Waals surface area contributed by atoms with E-state index in [4.69, 9.17) is 26.4 Å². The summed E-state index contributed by atoms with van der Waals surface area (Å²) in [7, 11) is 4.62. The molecular weight excluding hydrogens is 342 g/mol. The zero-order valence-corrected chi connectivity index (χ0v) is 14.9. The van der Waals surface area contributed by atoms with Gasteiger partial charge >= 0.3 is 0 Å². The van der Waals surface area contributed by atoms with Crippen LogP contribution in [0.3, 0.4) is 0 Å². The van der Waals surface area contributed by atoms with Crippen molar-refractivity contribution in [3.05, 3.63) is 42.0 Å². The number of nitrogens with one attached hydrogen (secondary N) is 2. The molecule has 132 valence electrons. The van der Waals surface area contributed by atoms with Gasteiger partial charge in [-0.2, -0.15) is 5.10 Å². The highest BCUT2D eigenvalue weighted by Crippen LogP contribution is 2.29. The molecule has 0 bridgehead atoms. The fourth-order valence-corrected chi connectivity index (χ4v) is 2.20. The van der Waals surface area contributed by atoms with Gasteiger partial charge in [-0.3, -0.25) is 5.43 Å². The summed E-state index contributed by atoms with van der Waals surface area (Å²) in [5, 5.41) is 17.0. The summed E-state index contributed by atoms with van der Waals surface area (Å²) in [6, 6.07) is 10.3. The lowest BCUT2D eigenvalue weighted by atomic mass is 10.2. The number of hydrogen-bond acceptors (Lipinski definition) is 6. The number of ether oxygens (including phenoxy) is 3. The number of hydrazone groups is 1. The van der Waals surface area contributed by atoms with Gasteiger partial charge in [0.2, 0.25) is 0 Å². The highest BCUT2D eigenvalue weighted by molar-refractivity contribution is 7.80. The third-order valence-electron chi connectivity index (χ3n) is 3.22. The fourth-order valence-electron chi connectivity index (χ4n) is 2.03. The number of thiocarbonyl (C=S) groups is 1. The zero-order chi connectivity index (χ0) is 18.2. The topological polar surface area (TPSA) is 84.3 Å². The van der Waals surface area contributed by atoms with Gasteiger partial charge in [-0.05, 0) is 48.1 Å². The van der Waals surface area contributed by atoms with Crippen LogP contribution in [0.2, 0.25) is 0 Å². The first-order chi connectivity index (χ1) is 12.1. The van der Waals surface area contributed by atoms with Crippen molar-refractivity contribution in [2.75, 3.05) is 26.6 Å². The second-order valence-corrected chi connectivity index (χ2v) is 5.23. The Balaban J connectivity index is 1.95. The molecule has 0 fully saturated rings. The van der Waals surface area contributed by atoms with Gasteiger partial charge in [-0.25, -0.2) is 0 Å². The Kier molecular flexibility index (Phi) is 6.41. The summed E-state index contributed by atoms with van der Waals surface area (Å²) in [5.41, 5.74) is 4.12. The molecule has 2 rings (SSSR count). The molecule has 2 aromatic rings. The van der Waals surface area contributed by atoms with E-state index in [0.717, 1.165) is 5.69 Å². The Bertz CT molecular complexity index is 780. The van der Waals surface area contributed by atoms with E-state index in [-0.39, 0.29) is 5.75 Å². The highest BCUT2D eigenvalue weighted by Gasteiger charge is 2.05. The number of anilines is 1. The maximum absolute atomic E-state index is 9.72. The Morgan fingerprint density at radius 3 is 2.32 bits per heavy atom. The van der Waals surface area contributed by atoms with Crippen molar-refractivity contribution in [3.63, 3.8) is 0 Å².